The van der Waals surface area contributed by atoms with Gasteiger partial charge in [0.2, 0.25) is 0 Å². The quantitative estimate of drug-likeness (QED) is 0.186. The highest BCUT2D eigenvalue weighted by molar-refractivity contribution is 14.1. The molecule has 0 radical (unpaired) electrons. The lowest BCUT2D eigenvalue weighted by atomic mass is 9.72. The van der Waals surface area contributed by atoms with E-state index in [2.05, 4.69) is 36.1 Å². The number of aliphatic hydroxyl groups excluding tert-OH is 3. The molecule has 3 nitrogen and oxygen atoms in total. The van der Waals surface area contributed by atoms with Crippen molar-refractivity contribution in [3.8, 4) is 0 Å². The zero-order chi connectivity index (χ0) is 19.5. The molecule has 0 fully saturated rings. The monoisotopic (exact) mass is 466 g/mol. The van der Waals surface area contributed by atoms with Gasteiger partial charge >= 0.3 is 0 Å². The third-order valence-corrected chi connectivity index (χ3v) is 6.89. The molecular formula is C22H27IO3. The average Bonchev–Trinajstić information content (AvgIpc) is 2.57. The molecule has 140 valence electrons. The Morgan fingerprint density at radius 2 is 1.81 bits per heavy atom. The lowest BCUT2D eigenvalue weighted by Gasteiger charge is -2.40. The number of aliphatic hydroxyl groups is 3. The third-order valence-electron chi connectivity index (χ3n) is 4.95. The smallest absolute Gasteiger partial charge is 0.0953 e. The summed E-state index contributed by atoms with van der Waals surface area (Å²) in [5, 5.41) is 29.5. The summed E-state index contributed by atoms with van der Waals surface area (Å²) in [6.45, 7) is 9.75. The molecule has 4 heteroatoms. The van der Waals surface area contributed by atoms with Crippen molar-refractivity contribution < 1.29 is 15.3 Å². The van der Waals surface area contributed by atoms with Crippen molar-refractivity contribution in [3.05, 3.63) is 83.1 Å². The number of hydrogen-bond acceptors (Lipinski definition) is 3. The van der Waals surface area contributed by atoms with Gasteiger partial charge in [0.25, 0.3) is 0 Å². The van der Waals surface area contributed by atoms with E-state index in [4.69, 9.17) is 0 Å². The first-order chi connectivity index (χ1) is 12.2. The van der Waals surface area contributed by atoms with Crippen LogP contribution in [0.4, 0.5) is 0 Å². The highest BCUT2D eigenvalue weighted by Crippen LogP contribution is 2.51. The zero-order valence-corrected chi connectivity index (χ0v) is 17.7. The van der Waals surface area contributed by atoms with Gasteiger partial charge < -0.3 is 15.3 Å². The van der Waals surface area contributed by atoms with E-state index in [1.165, 1.54) is 11.1 Å². The van der Waals surface area contributed by atoms with E-state index in [-0.39, 0.29) is 17.6 Å². The predicted molar refractivity (Wildman–Crippen MR) is 117 cm³/mol. The fourth-order valence-electron chi connectivity index (χ4n) is 3.48. The van der Waals surface area contributed by atoms with Crippen LogP contribution in [-0.4, -0.2) is 18.7 Å². The first-order valence-corrected chi connectivity index (χ1v) is 9.87. The van der Waals surface area contributed by atoms with Crippen molar-refractivity contribution >= 4 is 22.6 Å². The second kappa shape index (κ2) is 8.33. The second-order valence-corrected chi connectivity index (χ2v) is 8.68. The number of alkyl halides is 1. The fourth-order valence-corrected chi connectivity index (χ4v) is 4.99. The molecule has 0 heterocycles. The minimum absolute atomic E-state index is 0.0498. The van der Waals surface area contributed by atoms with Crippen LogP contribution in [0.25, 0.3) is 0 Å². The van der Waals surface area contributed by atoms with Crippen LogP contribution in [0.5, 0.6) is 0 Å². The molecule has 0 saturated heterocycles. The lowest BCUT2D eigenvalue weighted by molar-refractivity contribution is 0.333. The molecule has 0 aromatic carbocycles. The molecule has 3 N–H and O–H groups in total. The second-order valence-electron chi connectivity index (χ2n) is 7.07. The van der Waals surface area contributed by atoms with Gasteiger partial charge in [-0.2, -0.15) is 0 Å². The van der Waals surface area contributed by atoms with E-state index in [0.29, 0.717) is 17.9 Å². The Hall–Kier alpha value is -1.69. The molecule has 2 aliphatic carbocycles. The Morgan fingerprint density at radius 1 is 1.12 bits per heavy atom. The van der Waals surface area contributed by atoms with Crippen LogP contribution in [0.1, 0.15) is 33.6 Å². The summed E-state index contributed by atoms with van der Waals surface area (Å²) >= 11 is 2.45. The molecule has 0 aromatic heterocycles. The largest absolute Gasteiger partial charge is 0.513 e. The molecule has 26 heavy (non-hydrogen) atoms. The lowest BCUT2D eigenvalue weighted by Crippen LogP contribution is -2.34. The Labute approximate surface area is 169 Å². The Balaban J connectivity index is 2.68. The first-order valence-electron chi connectivity index (χ1n) is 8.79. The van der Waals surface area contributed by atoms with Crippen molar-refractivity contribution in [1.29, 1.82) is 0 Å². The molecule has 0 aromatic rings. The van der Waals surface area contributed by atoms with E-state index < -0.39 is 3.42 Å². The van der Waals surface area contributed by atoms with Gasteiger partial charge in [0, 0.05) is 12.3 Å². The normalized spacial score (nSPS) is 26.9. The summed E-state index contributed by atoms with van der Waals surface area (Å²) in [5.41, 5.74) is 3.32. The minimum Gasteiger partial charge on any atom is -0.513 e. The summed E-state index contributed by atoms with van der Waals surface area (Å²) in [6, 6.07) is 0. The van der Waals surface area contributed by atoms with Crippen LogP contribution in [0.15, 0.2) is 83.1 Å². The molecule has 0 aliphatic heterocycles. The van der Waals surface area contributed by atoms with Crippen molar-refractivity contribution in [2.75, 3.05) is 0 Å². The Morgan fingerprint density at radius 3 is 2.35 bits per heavy atom. The molecule has 0 saturated carbocycles. The van der Waals surface area contributed by atoms with Gasteiger partial charge in [-0.15, -0.1) is 0 Å². The van der Waals surface area contributed by atoms with Crippen LogP contribution in [-0.2, 0) is 0 Å². The Kier molecular flexibility index (Phi) is 6.61. The van der Waals surface area contributed by atoms with Gasteiger partial charge in [0.15, 0.2) is 0 Å². The van der Waals surface area contributed by atoms with Crippen LogP contribution < -0.4 is 0 Å². The zero-order valence-electron chi connectivity index (χ0n) is 15.5. The average molecular weight is 466 g/mol. The topological polar surface area (TPSA) is 60.7 Å². The van der Waals surface area contributed by atoms with Crippen molar-refractivity contribution in [2.24, 2.45) is 11.8 Å². The van der Waals surface area contributed by atoms with Crippen LogP contribution >= 0.6 is 22.6 Å². The van der Waals surface area contributed by atoms with Crippen molar-refractivity contribution in [2.45, 2.75) is 37.0 Å². The number of hydrogen-bond donors (Lipinski definition) is 3. The summed E-state index contributed by atoms with van der Waals surface area (Å²) in [6.07, 6.45) is 14.2. The van der Waals surface area contributed by atoms with E-state index in [0.717, 1.165) is 12.0 Å². The van der Waals surface area contributed by atoms with Crippen LogP contribution in [0, 0.1) is 11.8 Å². The highest BCUT2D eigenvalue weighted by Gasteiger charge is 2.41. The van der Waals surface area contributed by atoms with Gasteiger partial charge in [-0.05, 0) is 54.2 Å². The van der Waals surface area contributed by atoms with Gasteiger partial charge in [-0.3, -0.25) is 0 Å². The molecule has 2 rings (SSSR count). The molecule has 1 unspecified atom stereocenters. The minimum atomic E-state index is -0.465. The number of halogens is 1. The van der Waals surface area contributed by atoms with Crippen LogP contribution in [0.2, 0.25) is 0 Å². The van der Waals surface area contributed by atoms with Crippen molar-refractivity contribution in [3.63, 3.8) is 0 Å². The summed E-state index contributed by atoms with van der Waals surface area (Å²) in [5.74, 6) is 1.23. The highest BCUT2D eigenvalue weighted by atomic mass is 127. The fraction of sp³-hybridized carbons (Fsp3) is 0.364. The standard InChI is InChI=1S/C22H27IO3/c1-5-17(7-6-16(4)24)22(23,18-8-11-21(26)15(3)12-18)20-10-9-19(25)13-14(20)2/h5-11,14-15,24-26H,1,12-13H2,2-4H3/b16-6+,17-7+/t14-,15-,22?/m1/s1. The predicted octanol–water partition coefficient (Wildman–Crippen LogP) is 6.55. The maximum absolute atomic E-state index is 10.0. The SMILES string of the molecule is C=C/C(=C\C=C(/C)O)C(I)(C1=CC=C(O)[C@H](C)C1)C1=CC=C(O)C[C@H]1C. The summed E-state index contributed by atoms with van der Waals surface area (Å²) in [7, 11) is 0. The Bertz CT molecular complexity index is 760. The van der Waals surface area contributed by atoms with Crippen LogP contribution in [0.3, 0.4) is 0 Å². The molecular weight excluding hydrogens is 439 g/mol. The van der Waals surface area contributed by atoms with Gasteiger partial charge in [-0.1, -0.05) is 67.3 Å². The molecule has 0 amide bonds. The van der Waals surface area contributed by atoms with Gasteiger partial charge in [0.1, 0.15) is 0 Å². The third kappa shape index (κ3) is 4.17. The van der Waals surface area contributed by atoms with E-state index in [9.17, 15) is 15.3 Å². The first kappa shape index (κ1) is 20.6. The summed E-state index contributed by atoms with van der Waals surface area (Å²) < 4.78 is -0.465. The van der Waals surface area contributed by atoms with Gasteiger partial charge in [0.05, 0.1) is 20.7 Å². The molecule has 2 aliphatic rings. The van der Waals surface area contributed by atoms with Crippen molar-refractivity contribution in [1.82, 2.24) is 0 Å². The number of rotatable bonds is 5. The van der Waals surface area contributed by atoms with E-state index >= 15 is 0 Å². The number of allylic oxidation sites excluding steroid dienone is 13. The van der Waals surface area contributed by atoms with E-state index in [1.807, 2.05) is 31.2 Å². The van der Waals surface area contributed by atoms with E-state index in [1.54, 1.807) is 25.2 Å². The maximum Gasteiger partial charge on any atom is 0.0953 e. The van der Waals surface area contributed by atoms with Gasteiger partial charge in [-0.25, -0.2) is 0 Å². The molecule has 0 bridgehead atoms. The summed E-state index contributed by atoms with van der Waals surface area (Å²) in [4.78, 5) is 0. The molecule has 3 atom stereocenters. The maximum atomic E-state index is 10.0. The molecule has 0 spiro atoms.